The Morgan fingerprint density at radius 2 is 2.15 bits per heavy atom. The molecule has 5 nitrogen and oxygen atoms in total. The van der Waals surface area contributed by atoms with E-state index in [2.05, 4.69) is 4.98 Å². The minimum absolute atomic E-state index is 0.0139. The summed E-state index contributed by atoms with van der Waals surface area (Å²) in [5.41, 5.74) is 9.27. The first-order valence-electron chi connectivity index (χ1n) is 5.71. The number of rotatable bonds is 4. The van der Waals surface area contributed by atoms with E-state index in [9.17, 15) is 8.42 Å². The molecule has 0 unspecified atom stereocenters. The molecule has 0 aliphatic carbocycles. The molecule has 2 rings (SSSR count). The number of nitrogens with two attached hydrogens (primary N) is 1. The van der Waals surface area contributed by atoms with Gasteiger partial charge in [0.2, 0.25) is 10.0 Å². The maximum atomic E-state index is 12.5. The second-order valence-electron chi connectivity index (χ2n) is 4.38. The van der Waals surface area contributed by atoms with Crippen molar-refractivity contribution in [1.29, 1.82) is 0 Å². The van der Waals surface area contributed by atoms with E-state index >= 15 is 0 Å². The van der Waals surface area contributed by atoms with Gasteiger partial charge in [-0.2, -0.15) is 4.31 Å². The molecule has 0 aliphatic rings. The molecule has 0 atom stereocenters. The molecule has 1 aromatic carbocycles. The number of benzene rings is 1. The third-order valence-electron chi connectivity index (χ3n) is 2.88. The van der Waals surface area contributed by atoms with Crippen LogP contribution in [0.4, 0.5) is 5.69 Å². The molecule has 108 valence electrons. The van der Waals surface area contributed by atoms with Gasteiger partial charge in [0.25, 0.3) is 0 Å². The van der Waals surface area contributed by atoms with E-state index in [0.29, 0.717) is 11.4 Å². The average molecular weight is 332 g/mol. The molecular formula is C12H14ClN3O2S2. The fourth-order valence-electron chi connectivity index (χ4n) is 1.66. The lowest BCUT2D eigenvalue weighted by Crippen LogP contribution is -2.27. The summed E-state index contributed by atoms with van der Waals surface area (Å²) in [5, 5.41) is 1.97. The van der Waals surface area contributed by atoms with E-state index in [-0.39, 0.29) is 16.5 Å². The van der Waals surface area contributed by atoms with Crippen LogP contribution in [0.15, 0.2) is 27.9 Å². The molecule has 0 saturated carbocycles. The van der Waals surface area contributed by atoms with Gasteiger partial charge in [-0.25, -0.2) is 13.4 Å². The Morgan fingerprint density at radius 3 is 2.75 bits per heavy atom. The molecule has 2 N–H and O–H groups in total. The van der Waals surface area contributed by atoms with Gasteiger partial charge >= 0.3 is 0 Å². The zero-order chi connectivity index (χ0) is 14.9. The maximum absolute atomic E-state index is 12.5. The lowest BCUT2D eigenvalue weighted by atomic mass is 10.2. The monoisotopic (exact) mass is 331 g/mol. The van der Waals surface area contributed by atoms with Crippen LogP contribution in [0, 0.1) is 6.92 Å². The van der Waals surface area contributed by atoms with Crippen LogP contribution >= 0.6 is 22.9 Å². The van der Waals surface area contributed by atoms with Crippen molar-refractivity contribution in [3.05, 3.63) is 39.3 Å². The second kappa shape index (κ2) is 5.69. The summed E-state index contributed by atoms with van der Waals surface area (Å²) in [5.74, 6) is 0. The van der Waals surface area contributed by atoms with Crippen LogP contribution in [0.25, 0.3) is 0 Å². The van der Waals surface area contributed by atoms with Crippen LogP contribution in [-0.4, -0.2) is 24.8 Å². The van der Waals surface area contributed by atoms with Gasteiger partial charge in [-0.05, 0) is 24.6 Å². The van der Waals surface area contributed by atoms with Crippen molar-refractivity contribution >= 4 is 38.6 Å². The van der Waals surface area contributed by atoms with E-state index in [1.165, 1.54) is 28.8 Å². The fourth-order valence-corrected chi connectivity index (χ4v) is 3.94. The minimum atomic E-state index is -3.70. The number of hydrogen-bond acceptors (Lipinski definition) is 5. The number of aryl methyl sites for hydroxylation is 1. The number of nitrogens with zero attached hydrogens (tertiary/aromatic N) is 2. The third kappa shape index (κ3) is 2.95. The Balaban J connectivity index is 2.37. The summed E-state index contributed by atoms with van der Waals surface area (Å²) < 4.78 is 26.2. The number of thiazole rings is 1. The quantitative estimate of drug-likeness (QED) is 0.873. The Morgan fingerprint density at radius 1 is 1.45 bits per heavy atom. The van der Waals surface area contributed by atoms with Crippen molar-refractivity contribution in [2.24, 2.45) is 0 Å². The van der Waals surface area contributed by atoms with Gasteiger partial charge in [0.15, 0.2) is 0 Å². The molecule has 0 aliphatic heterocycles. The Kier molecular flexibility index (Phi) is 4.33. The molecule has 0 radical (unpaired) electrons. The Hall–Kier alpha value is -1.15. The van der Waals surface area contributed by atoms with E-state index < -0.39 is 10.0 Å². The zero-order valence-corrected chi connectivity index (χ0v) is 13.4. The van der Waals surface area contributed by atoms with Gasteiger partial charge < -0.3 is 5.73 Å². The molecule has 0 saturated heterocycles. The minimum Gasteiger partial charge on any atom is -0.398 e. The lowest BCUT2D eigenvalue weighted by Gasteiger charge is -2.17. The Labute approximate surface area is 127 Å². The van der Waals surface area contributed by atoms with E-state index in [1.807, 2.05) is 0 Å². The standard InChI is InChI=1S/C12H14ClN3O2S2/c1-8-3-10(13)12(4-11(8)14)20(17,18)16(2)5-9-6-19-7-15-9/h3-4,6-7H,5,14H2,1-2H3. The van der Waals surface area contributed by atoms with Gasteiger partial charge in [0.05, 0.1) is 22.8 Å². The number of aromatic nitrogens is 1. The Bertz CT molecular complexity index is 715. The van der Waals surface area contributed by atoms with Crippen LogP contribution in [0.2, 0.25) is 5.02 Å². The fraction of sp³-hybridized carbons (Fsp3) is 0.250. The second-order valence-corrected chi connectivity index (χ2v) is 7.52. The van der Waals surface area contributed by atoms with Crippen molar-refractivity contribution < 1.29 is 8.42 Å². The first-order valence-corrected chi connectivity index (χ1v) is 8.47. The molecular weight excluding hydrogens is 318 g/mol. The molecule has 2 aromatic rings. The predicted molar refractivity (Wildman–Crippen MR) is 81.4 cm³/mol. The van der Waals surface area contributed by atoms with E-state index in [0.717, 1.165) is 5.56 Å². The molecule has 0 fully saturated rings. The topological polar surface area (TPSA) is 76.3 Å². The number of sulfonamides is 1. The molecule has 20 heavy (non-hydrogen) atoms. The van der Waals surface area contributed by atoms with Crippen LogP contribution in [-0.2, 0) is 16.6 Å². The maximum Gasteiger partial charge on any atom is 0.244 e. The average Bonchev–Trinajstić information content (AvgIpc) is 2.86. The summed E-state index contributed by atoms with van der Waals surface area (Å²) in [6.07, 6.45) is 0. The number of nitrogen functional groups attached to an aromatic ring is 1. The van der Waals surface area contributed by atoms with Crippen molar-refractivity contribution in [1.82, 2.24) is 9.29 Å². The summed E-state index contributed by atoms with van der Waals surface area (Å²) in [4.78, 5) is 4.09. The molecule has 0 spiro atoms. The number of anilines is 1. The number of halogens is 1. The summed E-state index contributed by atoms with van der Waals surface area (Å²) in [6.45, 7) is 1.96. The van der Waals surface area contributed by atoms with Gasteiger partial charge in [-0.15, -0.1) is 11.3 Å². The van der Waals surface area contributed by atoms with Gasteiger partial charge in [-0.3, -0.25) is 0 Å². The van der Waals surface area contributed by atoms with Crippen LogP contribution in [0.5, 0.6) is 0 Å². The van der Waals surface area contributed by atoms with Crippen molar-refractivity contribution in [2.45, 2.75) is 18.4 Å². The summed E-state index contributed by atoms with van der Waals surface area (Å²) in [6, 6.07) is 2.95. The molecule has 0 amide bonds. The predicted octanol–water partition coefficient (Wildman–Crippen LogP) is 2.51. The molecule has 1 heterocycles. The third-order valence-corrected chi connectivity index (χ3v) is 5.78. The van der Waals surface area contributed by atoms with Crippen LogP contribution in [0.1, 0.15) is 11.3 Å². The molecule has 8 heteroatoms. The normalized spacial score (nSPS) is 12.0. The van der Waals surface area contributed by atoms with E-state index in [1.54, 1.807) is 23.9 Å². The molecule has 0 bridgehead atoms. The highest BCUT2D eigenvalue weighted by Gasteiger charge is 2.25. The number of hydrogen-bond donors (Lipinski definition) is 1. The first-order chi connectivity index (χ1) is 9.32. The van der Waals surface area contributed by atoms with Crippen molar-refractivity contribution in [2.75, 3.05) is 12.8 Å². The van der Waals surface area contributed by atoms with Crippen molar-refractivity contribution in [3.63, 3.8) is 0 Å². The lowest BCUT2D eigenvalue weighted by molar-refractivity contribution is 0.463. The van der Waals surface area contributed by atoms with Gasteiger partial charge in [-0.1, -0.05) is 11.6 Å². The highest BCUT2D eigenvalue weighted by molar-refractivity contribution is 7.89. The largest absolute Gasteiger partial charge is 0.398 e. The first kappa shape index (κ1) is 15.2. The highest BCUT2D eigenvalue weighted by atomic mass is 35.5. The zero-order valence-electron chi connectivity index (χ0n) is 11.0. The summed E-state index contributed by atoms with van der Waals surface area (Å²) >= 11 is 7.45. The smallest absolute Gasteiger partial charge is 0.244 e. The van der Waals surface area contributed by atoms with Gasteiger partial charge in [0, 0.05) is 18.1 Å². The SMILES string of the molecule is Cc1cc(Cl)c(S(=O)(=O)N(C)Cc2cscn2)cc1N. The van der Waals surface area contributed by atoms with Crippen molar-refractivity contribution in [3.8, 4) is 0 Å². The van der Waals surface area contributed by atoms with Crippen LogP contribution in [0.3, 0.4) is 0 Å². The molecule has 1 aromatic heterocycles. The van der Waals surface area contributed by atoms with Gasteiger partial charge in [0.1, 0.15) is 4.90 Å². The van der Waals surface area contributed by atoms with Crippen LogP contribution < -0.4 is 5.73 Å². The van der Waals surface area contributed by atoms with E-state index in [4.69, 9.17) is 17.3 Å². The summed E-state index contributed by atoms with van der Waals surface area (Å²) in [7, 11) is -2.21. The highest BCUT2D eigenvalue weighted by Crippen LogP contribution is 2.29.